The number of anilines is 2. The van der Waals surface area contributed by atoms with Gasteiger partial charge in [0.15, 0.2) is 6.61 Å². The molecule has 1 N–H and O–H groups in total. The molecule has 0 fully saturated rings. The van der Waals surface area contributed by atoms with Gasteiger partial charge in [0.25, 0.3) is 11.8 Å². The zero-order valence-electron chi connectivity index (χ0n) is 16.2. The van der Waals surface area contributed by atoms with E-state index in [4.69, 9.17) is 4.74 Å². The standard InChI is InChI=1S/C24H22N2O3/c1-17-15-19-9-5-6-10-22(19)26(17)23(27)16-29-21-13-11-20(12-14-21)25-24(28)18-7-3-2-4-8-18/h2-14,17H,15-16H2,1H3,(H,25,28)/t17-/m0/s1. The van der Waals surface area contributed by atoms with Crippen LogP contribution >= 0.6 is 0 Å². The van der Waals surface area contributed by atoms with Gasteiger partial charge in [-0.3, -0.25) is 9.59 Å². The van der Waals surface area contributed by atoms with Crippen molar-refractivity contribution in [2.45, 2.75) is 19.4 Å². The molecule has 29 heavy (non-hydrogen) atoms. The van der Waals surface area contributed by atoms with Crippen molar-refractivity contribution < 1.29 is 14.3 Å². The summed E-state index contributed by atoms with van der Waals surface area (Å²) in [6, 6.07) is 24.1. The van der Waals surface area contributed by atoms with Gasteiger partial charge in [0, 0.05) is 23.0 Å². The van der Waals surface area contributed by atoms with E-state index in [0.29, 0.717) is 17.0 Å². The van der Waals surface area contributed by atoms with Crippen molar-refractivity contribution >= 4 is 23.2 Å². The highest BCUT2D eigenvalue weighted by Crippen LogP contribution is 2.31. The number of ether oxygens (including phenoxy) is 1. The van der Waals surface area contributed by atoms with E-state index in [1.54, 1.807) is 36.4 Å². The van der Waals surface area contributed by atoms with Crippen LogP contribution in [-0.4, -0.2) is 24.5 Å². The number of para-hydroxylation sites is 1. The van der Waals surface area contributed by atoms with E-state index in [0.717, 1.165) is 12.1 Å². The van der Waals surface area contributed by atoms with Crippen LogP contribution in [0.15, 0.2) is 78.9 Å². The molecular weight excluding hydrogens is 364 g/mol. The van der Waals surface area contributed by atoms with E-state index in [1.807, 2.05) is 48.2 Å². The molecule has 1 aliphatic rings. The number of amides is 2. The number of rotatable bonds is 5. The molecule has 1 aliphatic heterocycles. The van der Waals surface area contributed by atoms with Crippen molar-refractivity contribution in [3.63, 3.8) is 0 Å². The number of hydrogen-bond donors (Lipinski definition) is 1. The van der Waals surface area contributed by atoms with Crippen molar-refractivity contribution in [2.75, 3.05) is 16.8 Å². The average molecular weight is 386 g/mol. The van der Waals surface area contributed by atoms with Gasteiger partial charge in [-0.2, -0.15) is 0 Å². The summed E-state index contributed by atoms with van der Waals surface area (Å²) >= 11 is 0. The molecule has 0 unspecified atom stereocenters. The summed E-state index contributed by atoms with van der Waals surface area (Å²) in [4.78, 5) is 26.7. The fourth-order valence-electron chi connectivity index (χ4n) is 3.59. The predicted molar refractivity (Wildman–Crippen MR) is 113 cm³/mol. The second-order valence-corrected chi connectivity index (χ2v) is 7.08. The number of hydrogen-bond acceptors (Lipinski definition) is 3. The van der Waals surface area contributed by atoms with Crippen LogP contribution in [0.25, 0.3) is 0 Å². The van der Waals surface area contributed by atoms with Gasteiger partial charge in [-0.25, -0.2) is 0 Å². The first-order valence-corrected chi connectivity index (χ1v) is 9.61. The Morgan fingerprint density at radius 1 is 0.966 bits per heavy atom. The summed E-state index contributed by atoms with van der Waals surface area (Å²) in [6.07, 6.45) is 0.859. The fourth-order valence-corrected chi connectivity index (χ4v) is 3.59. The minimum atomic E-state index is -0.170. The van der Waals surface area contributed by atoms with E-state index in [9.17, 15) is 9.59 Å². The number of benzene rings is 3. The normalized spacial score (nSPS) is 14.9. The van der Waals surface area contributed by atoms with Gasteiger partial charge in [-0.05, 0) is 61.4 Å². The van der Waals surface area contributed by atoms with Crippen molar-refractivity contribution in [1.29, 1.82) is 0 Å². The molecule has 0 spiro atoms. The maximum atomic E-state index is 12.7. The number of carbonyl (C=O) groups is 2. The summed E-state index contributed by atoms with van der Waals surface area (Å²) in [7, 11) is 0. The molecule has 0 aromatic heterocycles. The van der Waals surface area contributed by atoms with Crippen LogP contribution in [0.5, 0.6) is 5.75 Å². The lowest BCUT2D eigenvalue weighted by molar-refractivity contribution is -0.120. The molecule has 2 amide bonds. The molecular formula is C24H22N2O3. The summed E-state index contributed by atoms with van der Waals surface area (Å²) in [5.74, 6) is 0.344. The zero-order chi connectivity index (χ0) is 20.2. The van der Waals surface area contributed by atoms with E-state index in [-0.39, 0.29) is 24.5 Å². The third kappa shape index (κ3) is 4.14. The first-order valence-electron chi connectivity index (χ1n) is 9.61. The third-order valence-electron chi connectivity index (χ3n) is 4.99. The zero-order valence-corrected chi connectivity index (χ0v) is 16.2. The van der Waals surface area contributed by atoms with Crippen LogP contribution in [0.4, 0.5) is 11.4 Å². The molecule has 0 radical (unpaired) electrons. The summed E-state index contributed by atoms with van der Waals surface area (Å²) in [6.45, 7) is 2.01. The Labute approximate surface area is 169 Å². The Morgan fingerprint density at radius 3 is 2.41 bits per heavy atom. The van der Waals surface area contributed by atoms with E-state index in [2.05, 4.69) is 11.4 Å². The molecule has 146 valence electrons. The number of fused-ring (bicyclic) bond motifs is 1. The quantitative estimate of drug-likeness (QED) is 0.711. The van der Waals surface area contributed by atoms with Crippen LogP contribution in [0.1, 0.15) is 22.8 Å². The summed E-state index contributed by atoms with van der Waals surface area (Å²) in [5, 5.41) is 2.84. The molecule has 1 atom stereocenters. The lowest BCUT2D eigenvalue weighted by atomic mass is 10.1. The summed E-state index contributed by atoms with van der Waals surface area (Å²) in [5.41, 5.74) is 3.41. The van der Waals surface area contributed by atoms with Crippen LogP contribution < -0.4 is 15.0 Å². The fraction of sp³-hybridized carbons (Fsp3) is 0.167. The molecule has 0 aliphatic carbocycles. The Morgan fingerprint density at radius 2 is 1.66 bits per heavy atom. The van der Waals surface area contributed by atoms with Gasteiger partial charge >= 0.3 is 0 Å². The highest BCUT2D eigenvalue weighted by atomic mass is 16.5. The van der Waals surface area contributed by atoms with Gasteiger partial charge in [0.2, 0.25) is 0 Å². The Kier molecular flexibility index (Phi) is 5.29. The molecule has 1 heterocycles. The smallest absolute Gasteiger partial charge is 0.265 e. The Bertz CT molecular complexity index is 1020. The maximum absolute atomic E-state index is 12.7. The van der Waals surface area contributed by atoms with Gasteiger partial charge in [-0.1, -0.05) is 36.4 Å². The maximum Gasteiger partial charge on any atom is 0.265 e. The lowest BCUT2D eigenvalue weighted by Crippen LogP contribution is -2.39. The number of carbonyl (C=O) groups excluding carboxylic acids is 2. The first-order chi connectivity index (χ1) is 14.1. The molecule has 5 nitrogen and oxygen atoms in total. The second kappa shape index (κ2) is 8.19. The van der Waals surface area contributed by atoms with Crippen molar-refractivity contribution in [2.24, 2.45) is 0 Å². The number of nitrogens with one attached hydrogen (secondary N) is 1. The second-order valence-electron chi connectivity index (χ2n) is 7.08. The van der Waals surface area contributed by atoms with Gasteiger partial charge in [-0.15, -0.1) is 0 Å². The molecule has 0 saturated carbocycles. The third-order valence-corrected chi connectivity index (χ3v) is 4.99. The van der Waals surface area contributed by atoms with Crippen LogP contribution in [0.2, 0.25) is 0 Å². The molecule has 0 bridgehead atoms. The van der Waals surface area contributed by atoms with Crippen molar-refractivity contribution in [3.05, 3.63) is 90.0 Å². The van der Waals surface area contributed by atoms with E-state index in [1.165, 1.54) is 5.56 Å². The van der Waals surface area contributed by atoms with Crippen LogP contribution in [0.3, 0.4) is 0 Å². The minimum Gasteiger partial charge on any atom is -0.484 e. The van der Waals surface area contributed by atoms with Gasteiger partial charge < -0.3 is 15.0 Å². The molecule has 4 rings (SSSR count). The molecule has 5 heteroatoms. The average Bonchev–Trinajstić information content (AvgIpc) is 3.09. The largest absolute Gasteiger partial charge is 0.484 e. The monoisotopic (exact) mass is 386 g/mol. The van der Waals surface area contributed by atoms with Crippen molar-refractivity contribution in [1.82, 2.24) is 0 Å². The Balaban J connectivity index is 1.35. The first kappa shape index (κ1) is 18.7. The van der Waals surface area contributed by atoms with E-state index < -0.39 is 0 Å². The lowest BCUT2D eigenvalue weighted by Gasteiger charge is -2.22. The van der Waals surface area contributed by atoms with Crippen LogP contribution in [0, 0.1) is 0 Å². The molecule has 0 saturated heterocycles. The Hall–Kier alpha value is -3.60. The highest BCUT2D eigenvalue weighted by molar-refractivity contribution is 6.04. The number of nitrogens with zero attached hydrogens (tertiary/aromatic N) is 1. The van der Waals surface area contributed by atoms with Gasteiger partial charge in [0.1, 0.15) is 5.75 Å². The minimum absolute atomic E-state index is 0.0333. The SMILES string of the molecule is C[C@H]1Cc2ccccc2N1C(=O)COc1ccc(NC(=O)c2ccccc2)cc1. The molecule has 3 aromatic carbocycles. The van der Waals surface area contributed by atoms with Gasteiger partial charge in [0.05, 0.1) is 0 Å². The van der Waals surface area contributed by atoms with Crippen LogP contribution in [-0.2, 0) is 11.2 Å². The topological polar surface area (TPSA) is 58.6 Å². The van der Waals surface area contributed by atoms with Crippen molar-refractivity contribution in [3.8, 4) is 5.75 Å². The highest BCUT2D eigenvalue weighted by Gasteiger charge is 2.30. The molecule has 3 aromatic rings. The predicted octanol–water partition coefficient (Wildman–Crippen LogP) is 4.30. The summed E-state index contributed by atoms with van der Waals surface area (Å²) < 4.78 is 5.68. The van der Waals surface area contributed by atoms with E-state index >= 15 is 0 Å².